The highest BCUT2D eigenvalue weighted by Gasteiger charge is 2.35. The minimum absolute atomic E-state index is 0.258. The SMILES string of the molecule is CCCNC1c2ccccc2CC1S(=O)CCC. The van der Waals surface area contributed by atoms with Crippen LogP contribution in [0.25, 0.3) is 0 Å². The normalized spacial score (nSPS) is 23.9. The first-order chi connectivity index (χ1) is 8.77. The molecule has 0 spiro atoms. The van der Waals surface area contributed by atoms with E-state index in [0.717, 1.165) is 31.6 Å². The second-order valence-corrected chi connectivity index (χ2v) is 6.73. The summed E-state index contributed by atoms with van der Waals surface area (Å²) in [6, 6.07) is 8.82. The zero-order valence-corrected chi connectivity index (χ0v) is 12.1. The van der Waals surface area contributed by atoms with Gasteiger partial charge >= 0.3 is 0 Å². The van der Waals surface area contributed by atoms with E-state index in [1.165, 1.54) is 11.1 Å². The first kappa shape index (κ1) is 13.8. The van der Waals surface area contributed by atoms with Crippen molar-refractivity contribution in [2.45, 2.75) is 44.4 Å². The molecule has 3 atom stereocenters. The molecule has 100 valence electrons. The van der Waals surface area contributed by atoms with E-state index in [-0.39, 0.29) is 11.3 Å². The molecule has 0 heterocycles. The van der Waals surface area contributed by atoms with Gasteiger partial charge in [-0.15, -0.1) is 0 Å². The first-order valence-corrected chi connectivity index (χ1v) is 8.34. The molecule has 3 unspecified atom stereocenters. The third-order valence-electron chi connectivity index (χ3n) is 3.54. The van der Waals surface area contributed by atoms with Gasteiger partial charge in [-0.25, -0.2) is 0 Å². The van der Waals surface area contributed by atoms with Crippen LogP contribution < -0.4 is 5.32 Å². The Morgan fingerprint density at radius 3 is 2.78 bits per heavy atom. The molecule has 18 heavy (non-hydrogen) atoms. The van der Waals surface area contributed by atoms with Gasteiger partial charge < -0.3 is 5.32 Å². The molecule has 0 saturated carbocycles. The maximum Gasteiger partial charge on any atom is 0.0583 e. The average molecular weight is 265 g/mol. The van der Waals surface area contributed by atoms with E-state index in [1.807, 2.05) is 0 Å². The predicted molar refractivity (Wildman–Crippen MR) is 78.3 cm³/mol. The summed E-state index contributed by atoms with van der Waals surface area (Å²) < 4.78 is 12.4. The van der Waals surface area contributed by atoms with Crippen LogP contribution in [-0.4, -0.2) is 21.8 Å². The molecule has 1 aliphatic carbocycles. The Morgan fingerprint density at radius 1 is 1.28 bits per heavy atom. The van der Waals surface area contributed by atoms with Crippen LogP contribution in [-0.2, 0) is 17.2 Å². The Hall–Kier alpha value is -0.670. The van der Waals surface area contributed by atoms with Gasteiger partial charge in [0.05, 0.1) is 5.25 Å². The molecule has 3 heteroatoms. The molecule has 0 fully saturated rings. The Labute approximate surface area is 113 Å². The number of hydrogen-bond donors (Lipinski definition) is 1. The maximum atomic E-state index is 12.4. The molecule has 0 aromatic heterocycles. The van der Waals surface area contributed by atoms with Crippen LogP contribution in [0, 0.1) is 0 Å². The van der Waals surface area contributed by atoms with Crippen LogP contribution in [0.4, 0.5) is 0 Å². The quantitative estimate of drug-likeness (QED) is 0.857. The van der Waals surface area contributed by atoms with Crippen LogP contribution in [0.15, 0.2) is 24.3 Å². The van der Waals surface area contributed by atoms with Crippen molar-refractivity contribution in [2.24, 2.45) is 0 Å². The molecule has 1 N–H and O–H groups in total. The second-order valence-electron chi connectivity index (χ2n) is 4.96. The molecule has 0 saturated heterocycles. The van der Waals surface area contributed by atoms with E-state index in [1.54, 1.807) is 0 Å². The van der Waals surface area contributed by atoms with E-state index >= 15 is 0 Å². The van der Waals surface area contributed by atoms with Crippen LogP contribution in [0.1, 0.15) is 43.9 Å². The van der Waals surface area contributed by atoms with E-state index in [2.05, 4.69) is 43.4 Å². The number of rotatable bonds is 6. The lowest BCUT2D eigenvalue weighted by molar-refractivity contribution is 0.528. The summed E-state index contributed by atoms with van der Waals surface area (Å²) in [6.45, 7) is 5.28. The van der Waals surface area contributed by atoms with Gasteiger partial charge in [-0.05, 0) is 36.9 Å². The molecule has 1 aliphatic rings. The van der Waals surface area contributed by atoms with Gasteiger partial charge in [0.15, 0.2) is 0 Å². The lowest BCUT2D eigenvalue weighted by Gasteiger charge is -2.21. The molecule has 2 nitrogen and oxygen atoms in total. The van der Waals surface area contributed by atoms with Crippen molar-refractivity contribution < 1.29 is 4.21 Å². The standard InChI is InChI=1S/C15H23NOS/c1-3-9-16-15-13-8-6-5-7-12(13)11-14(15)18(17)10-4-2/h5-8,14-16H,3-4,9-11H2,1-2H3. The van der Waals surface area contributed by atoms with Crippen LogP contribution in [0.5, 0.6) is 0 Å². The number of fused-ring (bicyclic) bond motifs is 1. The molecular weight excluding hydrogens is 242 g/mol. The van der Waals surface area contributed by atoms with Crippen molar-refractivity contribution in [3.63, 3.8) is 0 Å². The van der Waals surface area contributed by atoms with Gasteiger partial charge in [-0.1, -0.05) is 38.1 Å². The van der Waals surface area contributed by atoms with Crippen molar-refractivity contribution in [3.05, 3.63) is 35.4 Å². The fourth-order valence-electron chi connectivity index (χ4n) is 2.70. The van der Waals surface area contributed by atoms with Crippen molar-refractivity contribution in [2.75, 3.05) is 12.3 Å². The average Bonchev–Trinajstić information content (AvgIpc) is 2.75. The third kappa shape index (κ3) is 2.83. The number of nitrogens with one attached hydrogen (secondary N) is 1. The lowest BCUT2D eigenvalue weighted by atomic mass is 10.1. The topological polar surface area (TPSA) is 29.1 Å². The molecule has 0 amide bonds. The van der Waals surface area contributed by atoms with Crippen LogP contribution in [0.2, 0.25) is 0 Å². The summed E-state index contributed by atoms with van der Waals surface area (Å²) in [7, 11) is -0.718. The van der Waals surface area contributed by atoms with Crippen LogP contribution in [0.3, 0.4) is 0 Å². The fourth-order valence-corrected chi connectivity index (χ4v) is 4.31. The van der Waals surface area contributed by atoms with E-state index in [4.69, 9.17) is 0 Å². The van der Waals surface area contributed by atoms with Gasteiger partial charge in [0.25, 0.3) is 0 Å². The van der Waals surface area contributed by atoms with E-state index in [9.17, 15) is 4.21 Å². The van der Waals surface area contributed by atoms with Gasteiger partial charge in [0.2, 0.25) is 0 Å². The largest absolute Gasteiger partial charge is 0.309 e. The van der Waals surface area contributed by atoms with Gasteiger partial charge in [-0.3, -0.25) is 4.21 Å². The van der Waals surface area contributed by atoms with Gasteiger partial charge in [0, 0.05) is 22.6 Å². The molecule has 0 aliphatic heterocycles. The highest BCUT2D eigenvalue weighted by atomic mass is 32.2. The van der Waals surface area contributed by atoms with Gasteiger partial charge in [-0.2, -0.15) is 0 Å². The Morgan fingerprint density at radius 2 is 2.06 bits per heavy atom. The molecule has 0 bridgehead atoms. The fraction of sp³-hybridized carbons (Fsp3) is 0.600. The summed E-state index contributed by atoms with van der Waals surface area (Å²) >= 11 is 0. The second kappa shape index (κ2) is 6.48. The Kier molecular flexibility index (Phi) is 4.95. The predicted octanol–water partition coefficient (Wildman–Crippen LogP) is 2.81. The summed E-state index contributed by atoms with van der Waals surface area (Å²) in [4.78, 5) is 0. The van der Waals surface area contributed by atoms with E-state index in [0.29, 0.717) is 0 Å². The smallest absolute Gasteiger partial charge is 0.0583 e. The number of hydrogen-bond acceptors (Lipinski definition) is 2. The van der Waals surface area contributed by atoms with Crippen molar-refractivity contribution >= 4 is 10.8 Å². The lowest BCUT2D eigenvalue weighted by Crippen LogP contribution is -2.33. The zero-order valence-electron chi connectivity index (χ0n) is 11.3. The third-order valence-corrected chi connectivity index (χ3v) is 5.47. The highest BCUT2D eigenvalue weighted by molar-refractivity contribution is 7.85. The molecule has 1 aromatic carbocycles. The molecule has 1 aromatic rings. The maximum absolute atomic E-state index is 12.4. The molecule has 0 radical (unpaired) electrons. The molecule has 2 rings (SSSR count). The summed E-state index contributed by atoms with van der Waals surface area (Å²) in [5.74, 6) is 0.822. The van der Waals surface area contributed by atoms with Gasteiger partial charge in [0.1, 0.15) is 0 Å². The van der Waals surface area contributed by atoms with Crippen molar-refractivity contribution in [3.8, 4) is 0 Å². The number of benzene rings is 1. The monoisotopic (exact) mass is 265 g/mol. The van der Waals surface area contributed by atoms with Crippen molar-refractivity contribution in [1.29, 1.82) is 0 Å². The minimum Gasteiger partial charge on any atom is -0.309 e. The first-order valence-electron chi connectivity index (χ1n) is 6.96. The van der Waals surface area contributed by atoms with Crippen molar-refractivity contribution in [1.82, 2.24) is 5.32 Å². The minimum atomic E-state index is -0.718. The Balaban J connectivity index is 2.19. The highest BCUT2D eigenvalue weighted by Crippen LogP contribution is 2.34. The summed E-state index contributed by atoms with van der Waals surface area (Å²) in [5, 5.41) is 3.84. The molecular formula is C15H23NOS. The Bertz CT molecular complexity index is 419. The summed E-state index contributed by atoms with van der Waals surface area (Å²) in [5.41, 5.74) is 2.74. The summed E-state index contributed by atoms with van der Waals surface area (Å²) in [6.07, 6.45) is 3.08. The van der Waals surface area contributed by atoms with Crippen LogP contribution >= 0.6 is 0 Å². The van der Waals surface area contributed by atoms with E-state index < -0.39 is 10.8 Å². The zero-order chi connectivity index (χ0) is 13.0.